The number of nitrogens with one attached hydrogen (secondary N) is 1. The molecule has 0 spiro atoms. The Morgan fingerprint density at radius 1 is 1.00 bits per heavy atom. The maximum absolute atomic E-state index is 5.99. The highest BCUT2D eigenvalue weighted by molar-refractivity contribution is 6.30. The quantitative estimate of drug-likeness (QED) is 0.802. The van der Waals surface area contributed by atoms with Crippen LogP contribution in [0.2, 0.25) is 5.02 Å². The van der Waals surface area contributed by atoms with Crippen LogP contribution in [0.5, 0.6) is 5.75 Å². The van der Waals surface area contributed by atoms with Crippen LogP contribution >= 0.6 is 11.6 Å². The number of aryl methyl sites for hydroxylation is 3. The van der Waals surface area contributed by atoms with Gasteiger partial charge in [-0.2, -0.15) is 0 Å². The van der Waals surface area contributed by atoms with E-state index < -0.39 is 0 Å². The summed E-state index contributed by atoms with van der Waals surface area (Å²) in [6.07, 6.45) is 0. The predicted molar refractivity (Wildman–Crippen MR) is 86.1 cm³/mol. The van der Waals surface area contributed by atoms with Gasteiger partial charge in [-0.15, -0.1) is 0 Å². The first-order valence-corrected chi connectivity index (χ1v) is 7.14. The molecule has 0 aliphatic carbocycles. The molecule has 0 saturated heterocycles. The minimum absolute atomic E-state index is 0.621. The molecule has 0 amide bonds. The van der Waals surface area contributed by atoms with Crippen LogP contribution in [0.15, 0.2) is 36.4 Å². The summed E-state index contributed by atoms with van der Waals surface area (Å²) in [5.74, 6) is 0.953. The molecule has 1 N–H and O–H groups in total. The highest BCUT2D eigenvalue weighted by Gasteiger charge is 2.01. The monoisotopic (exact) mass is 289 g/mol. The van der Waals surface area contributed by atoms with Gasteiger partial charge in [-0.25, -0.2) is 0 Å². The lowest BCUT2D eigenvalue weighted by molar-refractivity contribution is 0.330. The molecule has 20 heavy (non-hydrogen) atoms. The number of halogens is 1. The molecule has 0 fully saturated rings. The minimum Gasteiger partial charge on any atom is -0.491 e. The molecule has 2 rings (SSSR count). The lowest BCUT2D eigenvalue weighted by Gasteiger charge is -2.12. The fourth-order valence-electron chi connectivity index (χ4n) is 1.99. The van der Waals surface area contributed by atoms with Gasteiger partial charge in [0.1, 0.15) is 12.4 Å². The average Bonchev–Trinajstić information content (AvgIpc) is 2.42. The van der Waals surface area contributed by atoms with Crippen molar-refractivity contribution >= 4 is 17.3 Å². The molecule has 0 saturated carbocycles. The molecule has 3 heteroatoms. The van der Waals surface area contributed by atoms with Gasteiger partial charge in [-0.3, -0.25) is 0 Å². The van der Waals surface area contributed by atoms with Crippen LogP contribution in [-0.4, -0.2) is 13.2 Å². The van der Waals surface area contributed by atoms with Gasteiger partial charge in [0.2, 0.25) is 0 Å². The van der Waals surface area contributed by atoms with Crippen molar-refractivity contribution in [2.24, 2.45) is 0 Å². The van der Waals surface area contributed by atoms with Gasteiger partial charge in [0.25, 0.3) is 0 Å². The summed E-state index contributed by atoms with van der Waals surface area (Å²) in [4.78, 5) is 0. The van der Waals surface area contributed by atoms with Gasteiger partial charge in [0.15, 0.2) is 0 Å². The topological polar surface area (TPSA) is 21.3 Å². The first kappa shape index (κ1) is 14.7. The van der Waals surface area contributed by atoms with E-state index in [0.29, 0.717) is 6.61 Å². The number of rotatable bonds is 5. The number of ether oxygens (including phenoxy) is 1. The highest BCUT2D eigenvalue weighted by Crippen LogP contribution is 2.21. The average molecular weight is 290 g/mol. The van der Waals surface area contributed by atoms with Crippen LogP contribution in [0.4, 0.5) is 5.69 Å². The summed E-state index contributed by atoms with van der Waals surface area (Å²) in [6.45, 7) is 7.55. The second kappa shape index (κ2) is 6.67. The van der Waals surface area contributed by atoms with Crippen LogP contribution in [0.1, 0.15) is 16.7 Å². The van der Waals surface area contributed by atoms with Crippen molar-refractivity contribution in [3.63, 3.8) is 0 Å². The predicted octanol–water partition coefficient (Wildman–Crippen LogP) is 4.76. The summed E-state index contributed by atoms with van der Waals surface area (Å²) in [7, 11) is 0. The molecule has 0 bridgehead atoms. The summed E-state index contributed by atoms with van der Waals surface area (Å²) in [6, 6.07) is 12.1. The largest absolute Gasteiger partial charge is 0.491 e. The molecule has 2 nitrogen and oxygen atoms in total. The Hall–Kier alpha value is -1.67. The Bertz CT molecular complexity index is 542. The summed E-state index contributed by atoms with van der Waals surface area (Å²) >= 11 is 5.99. The lowest BCUT2D eigenvalue weighted by Crippen LogP contribution is -2.12. The molecular formula is C17H20ClNO. The first-order valence-electron chi connectivity index (χ1n) is 6.76. The standard InChI is InChI=1S/C17H20ClNO/c1-12-4-5-14(3)17(10-12)20-9-8-19-16-11-15(18)7-6-13(16)2/h4-7,10-11,19H,8-9H2,1-3H3. The maximum atomic E-state index is 5.99. The third-order valence-corrected chi connectivity index (χ3v) is 3.45. The van der Waals surface area contributed by atoms with Crippen LogP contribution in [0.25, 0.3) is 0 Å². The molecular weight excluding hydrogens is 270 g/mol. The van der Waals surface area contributed by atoms with E-state index in [1.807, 2.05) is 18.2 Å². The van der Waals surface area contributed by atoms with Crippen LogP contribution in [-0.2, 0) is 0 Å². The molecule has 2 aromatic rings. The Labute approximate surface area is 125 Å². The molecule has 2 aromatic carbocycles. The van der Waals surface area contributed by atoms with Crippen LogP contribution in [0, 0.1) is 20.8 Å². The molecule has 0 heterocycles. The molecule has 0 radical (unpaired) electrons. The Balaban J connectivity index is 1.87. The van der Waals surface area contributed by atoms with Crippen molar-refractivity contribution in [1.82, 2.24) is 0 Å². The van der Waals surface area contributed by atoms with Crippen molar-refractivity contribution < 1.29 is 4.74 Å². The fourth-order valence-corrected chi connectivity index (χ4v) is 2.17. The lowest BCUT2D eigenvalue weighted by atomic mass is 10.1. The molecule has 0 aliphatic rings. The van der Waals surface area contributed by atoms with Crippen molar-refractivity contribution in [2.75, 3.05) is 18.5 Å². The number of hydrogen-bond acceptors (Lipinski definition) is 2. The normalized spacial score (nSPS) is 10.4. The van der Waals surface area contributed by atoms with E-state index in [-0.39, 0.29) is 0 Å². The van der Waals surface area contributed by atoms with Gasteiger partial charge in [0, 0.05) is 17.3 Å². The smallest absolute Gasteiger partial charge is 0.122 e. The summed E-state index contributed by atoms with van der Waals surface area (Å²) in [5.41, 5.74) is 4.61. The second-order valence-corrected chi connectivity index (χ2v) is 5.44. The molecule has 0 atom stereocenters. The van der Waals surface area contributed by atoms with Crippen LogP contribution < -0.4 is 10.1 Å². The van der Waals surface area contributed by atoms with Gasteiger partial charge in [-0.1, -0.05) is 29.8 Å². The number of benzene rings is 2. The van der Waals surface area contributed by atoms with Crippen molar-refractivity contribution in [3.05, 3.63) is 58.1 Å². The van der Waals surface area contributed by atoms with Gasteiger partial charge in [0.05, 0.1) is 0 Å². The van der Waals surface area contributed by atoms with Gasteiger partial charge < -0.3 is 10.1 Å². The van der Waals surface area contributed by atoms with Crippen molar-refractivity contribution in [3.8, 4) is 5.75 Å². The summed E-state index contributed by atoms with van der Waals surface area (Å²) in [5, 5.41) is 4.09. The van der Waals surface area contributed by atoms with Gasteiger partial charge >= 0.3 is 0 Å². The van der Waals surface area contributed by atoms with E-state index in [0.717, 1.165) is 28.6 Å². The maximum Gasteiger partial charge on any atom is 0.122 e. The number of anilines is 1. The molecule has 0 unspecified atom stereocenters. The Morgan fingerprint density at radius 2 is 1.75 bits per heavy atom. The SMILES string of the molecule is Cc1ccc(C)c(OCCNc2cc(Cl)ccc2C)c1. The molecule has 0 aliphatic heterocycles. The zero-order valence-corrected chi connectivity index (χ0v) is 12.9. The van der Waals surface area contributed by atoms with E-state index in [1.54, 1.807) is 0 Å². The van der Waals surface area contributed by atoms with E-state index in [4.69, 9.17) is 16.3 Å². The van der Waals surface area contributed by atoms with E-state index in [1.165, 1.54) is 11.1 Å². The van der Waals surface area contributed by atoms with E-state index in [9.17, 15) is 0 Å². The van der Waals surface area contributed by atoms with E-state index in [2.05, 4.69) is 44.3 Å². The Kier molecular flexibility index (Phi) is 4.91. The van der Waals surface area contributed by atoms with Gasteiger partial charge in [-0.05, 0) is 55.7 Å². The van der Waals surface area contributed by atoms with Crippen molar-refractivity contribution in [2.45, 2.75) is 20.8 Å². The third kappa shape index (κ3) is 3.91. The number of hydrogen-bond donors (Lipinski definition) is 1. The van der Waals surface area contributed by atoms with Crippen LogP contribution in [0.3, 0.4) is 0 Å². The zero-order chi connectivity index (χ0) is 14.5. The zero-order valence-electron chi connectivity index (χ0n) is 12.2. The van der Waals surface area contributed by atoms with E-state index >= 15 is 0 Å². The highest BCUT2D eigenvalue weighted by atomic mass is 35.5. The minimum atomic E-state index is 0.621. The summed E-state index contributed by atoms with van der Waals surface area (Å²) < 4.78 is 5.81. The third-order valence-electron chi connectivity index (χ3n) is 3.22. The molecule has 0 aromatic heterocycles. The molecule has 106 valence electrons. The first-order chi connectivity index (χ1) is 9.56. The fraction of sp³-hybridized carbons (Fsp3) is 0.294. The van der Waals surface area contributed by atoms with Crippen molar-refractivity contribution in [1.29, 1.82) is 0 Å². The Morgan fingerprint density at radius 3 is 2.55 bits per heavy atom. The second-order valence-electron chi connectivity index (χ2n) is 5.00.